The molecule has 1 fully saturated rings. The molecule has 0 heterocycles. The number of hydrogen-bond donors (Lipinski definition) is 1. The first-order chi connectivity index (χ1) is 7.42. The average molecular weight is 224 g/mol. The Hall–Kier alpha value is -1.24. The van der Waals surface area contributed by atoms with Crippen molar-refractivity contribution < 1.29 is 9.53 Å². The van der Waals surface area contributed by atoms with Gasteiger partial charge in [0.1, 0.15) is 5.60 Å². The van der Waals surface area contributed by atoms with E-state index in [0.717, 1.165) is 25.7 Å². The number of nitriles is 1. The zero-order valence-corrected chi connectivity index (χ0v) is 10.2. The van der Waals surface area contributed by atoms with Gasteiger partial charge in [-0.25, -0.2) is 4.79 Å². The van der Waals surface area contributed by atoms with Crippen molar-refractivity contribution in [2.24, 2.45) is 5.92 Å². The number of nitrogens with zero attached hydrogens (tertiary/aromatic N) is 1. The monoisotopic (exact) mass is 224 g/mol. The molecule has 0 spiro atoms. The van der Waals surface area contributed by atoms with Crippen LogP contribution in [0.2, 0.25) is 0 Å². The molecule has 1 aliphatic rings. The molecule has 0 bridgehead atoms. The van der Waals surface area contributed by atoms with Gasteiger partial charge in [0.2, 0.25) is 0 Å². The fourth-order valence-corrected chi connectivity index (χ4v) is 1.92. The molecular formula is C12H20N2O2. The summed E-state index contributed by atoms with van der Waals surface area (Å²) in [6.45, 7) is 5.49. The number of rotatable bonds is 1. The van der Waals surface area contributed by atoms with Gasteiger partial charge >= 0.3 is 6.09 Å². The van der Waals surface area contributed by atoms with Crippen molar-refractivity contribution >= 4 is 6.09 Å². The largest absolute Gasteiger partial charge is 0.444 e. The van der Waals surface area contributed by atoms with Gasteiger partial charge in [0.15, 0.2) is 0 Å². The van der Waals surface area contributed by atoms with Crippen LogP contribution in [-0.4, -0.2) is 17.7 Å². The van der Waals surface area contributed by atoms with Crippen molar-refractivity contribution in [1.29, 1.82) is 5.26 Å². The van der Waals surface area contributed by atoms with Crippen molar-refractivity contribution in [3.63, 3.8) is 0 Å². The Morgan fingerprint density at radius 3 is 2.56 bits per heavy atom. The minimum Gasteiger partial charge on any atom is -0.444 e. The first kappa shape index (κ1) is 12.8. The van der Waals surface area contributed by atoms with Gasteiger partial charge in [0.25, 0.3) is 0 Å². The summed E-state index contributed by atoms with van der Waals surface area (Å²) in [5.74, 6) is -0.0683. The Labute approximate surface area is 97.0 Å². The molecule has 0 aliphatic heterocycles. The summed E-state index contributed by atoms with van der Waals surface area (Å²) < 4.78 is 5.17. The Morgan fingerprint density at radius 1 is 1.38 bits per heavy atom. The predicted octanol–water partition coefficient (Wildman–Crippen LogP) is 2.59. The Kier molecular flexibility index (Phi) is 4.17. The van der Waals surface area contributed by atoms with Gasteiger partial charge in [0.05, 0.1) is 12.0 Å². The molecule has 0 aromatic heterocycles. The normalized spacial score (nSPS) is 25.6. The van der Waals surface area contributed by atoms with E-state index in [4.69, 9.17) is 10.00 Å². The zero-order valence-electron chi connectivity index (χ0n) is 10.2. The lowest BCUT2D eigenvalue weighted by Gasteiger charge is -2.29. The molecule has 1 amide bonds. The maximum atomic E-state index is 11.5. The van der Waals surface area contributed by atoms with Gasteiger partial charge < -0.3 is 10.1 Å². The molecule has 16 heavy (non-hydrogen) atoms. The third kappa shape index (κ3) is 4.09. The van der Waals surface area contributed by atoms with E-state index in [-0.39, 0.29) is 12.0 Å². The number of nitrogens with one attached hydrogen (secondary N) is 1. The summed E-state index contributed by atoms with van der Waals surface area (Å²) in [7, 11) is 0. The molecule has 1 N–H and O–H groups in total. The summed E-state index contributed by atoms with van der Waals surface area (Å²) in [5, 5.41) is 11.8. The number of carbonyl (C=O) groups is 1. The maximum absolute atomic E-state index is 11.5. The number of ether oxygens (including phenoxy) is 1. The van der Waals surface area contributed by atoms with Gasteiger partial charge in [-0.3, -0.25) is 0 Å². The molecule has 0 unspecified atom stereocenters. The minimum absolute atomic E-state index is 0.0476. The van der Waals surface area contributed by atoms with E-state index in [2.05, 4.69) is 11.4 Å². The second-order valence-corrected chi connectivity index (χ2v) is 5.27. The summed E-state index contributed by atoms with van der Waals surface area (Å²) in [6, 6.07) is 2.20. The van der Waals surface area contributed by atoms with Gasteiger partial charge in [-0.2, -0.15) is 5.26 Å². The first-order valence-corrected chi connectivity index (χ1v) is 5.81. The minimum atomic E-state index is -0.485. The summed E-state index contributed by atoms with van der Waals surface area (Å²) in [5.41, 5.74) is -0.485. The second-order valence-electron chi connectivity index (χ2n) is 5.27. The highest BCUT2D eigenvalue weighted by Gasteiger charge is 2.28. The highest BCUT2D eigenvalue weighted by molar-refractivity contribution is 5.68. The van der Waals surface area contributed by atoms with Crippen LogP contribution in [0.3, 0.4) is 0 Å². The summed E-state index contributed by atoms with van der Waals surface area (Å²) in [4.78, 5) is 11.5. The average Bonchev–Trinajstić information content (AvgIpc) is 2.15. The molecule has 4 heteroatoms. The van der Waals surface area contributed by atoms with Crippen LogP contribution >= 0.6 is 0 Å². The third-order valence-corrected chi connectivity index (χ3v) is 2.63. The van der Waals surface area contributed by atoms with Crippen LogP contribution in [0.4, 0.5) is 4.79 Å². The molecule has 4 nitrogen and oxygen atoms in total. The van der Waals surface area contributed by atoms with E-state index >= 15 is 0 Å². The van der Waals surface area contributed by atoms with Gasteiger partial charge in [0, 0.05) is 6.04 Å². The van der Waals surface area contributed by atoms with Crippen molar-refractivity contribution in [2.45, 2.75) is 58.1 Å². The maximum Gasteiger partial charge on any atom is 0.407 e. The van der Waals surface area contributed by atoms with Crippen LogP contribution in [0.1, 0.15) is 46.5 Å². The van der Waals surface area contributed by atoms with E-state index in [1.54, 1.807) is 0 Å². The van der Waals surface area contributed by atoms with Gasteiger partial charge in [-0.1, -0.05) is 12.8 Å². The molecule has 2 atom stereocenters. The van der Waals surface area contributed by atoms with Crippen LogP contribution in [0.25, 0.3) is 0 Å². The molecule has 90 valence electrons. The summed E-state index contributed by atoms with van der Waals surface area (Å²) in [6.07, 6.45) is 3.47. The summed E-state index contributed by atoms with van der Waals surface area (Å²) >= 11 is 0. The Bertz CT molecular complexity index is 288. The first-order valence-electron chi connectivity index (χ1n) is 5.81. The van der Waals surface area contributed by atoms with Crippen molar-refractivity contribution in [3.05, 3.63) is 0 Å². The van der Waals surface area contributed by atoms with Crippen LogP contribution < -0.4 is 5.32 Å². The van der Waals surface area contributed by atoms with E-state index in [9.17, 15) is 4.79 Å². The molecule has 1 rings (SSSR count). The van der Waals surface area contributed by atoms with Crippen LogP contribution in [0.15, 0.2) is 0 Å². The van der Waals surface area contributed by atoms with Gasteiger partial charge in [-0.05, 0) is 33.6 Å². The smallest absolute Gasteiger partial charge is 0.407 e. The van der Waals surface area contributed by atoms with Crippen LogP contribution in [0.5, 0.6) is 0 Å². The van der Waals surface area contributed by atoms with Crippen molar-refractivity contribution in [3.8, 4) is 6.07 Å². The van der Waals surface area contributed by atoms with Gasteiger partial charge in [-0.15, -0.1) is 0 Å². The number of hydrogen-bond acceptors (Lipinski definition) is 3. The lowest BCUT2D eigenvalue weighted by molar-refractivity contribution is 0.0481. The fraction of sp³-hybridized carbons (Fsp3) is 0.833. The molecular weight excluding hydrogens is 204 g/mol. The highest BCUT2D eigenvalue weighted by atomic mass is 16.6. The molecule has 0 aromatic rings. The van der Waals surface area contributed by atoms with E-state index in [0.29, 0.717) is 0 Å². The second kappa shape index (κ2) is 5.20. The van der Waals surface area contributed by atoms with Crippen LogP contribution in [-0.2, 0) is 4.74 Å². The van der Waals surface area contributed by atoms with Crippen molar-refractivity contribution in [2.75, 3.05) is 0 Å². The molecule has 0 radical (unpaired) electrons. The topological polar surface area (TPSA) is 62.1 Å². The lowest BCUT2D eigenvalue weighted by atomic mass is 9.86. The van der Waals surface area contributed by atoms with E-state index < -0.39 is 11.7 Å². The lowest BCUT2D eigenvalue weighted by Crippen LogP contribution is -2.44. The number of carbonyl (C=O) groups excluding carboxylic acids is 1. The van der Waals surface area contributed by atoms with E-state index in [1.165, 1.54) is 0 Å². The molecule has 1 saturated carbocycles. The number of alkyl carbamates (subject to hydrolysis) is 1. The van der Waals surface area contributed by atoms with Crippen LogP contribution in [0, 0.1) is 17.2 Å². The Morgan fingerprint density at radius 2 is 2.00 bits per heavy atom. The zero-order chi connectivity index (χ0) is 12.2. The number of amides is 1. The molecule has 0 saturated heterocycles. The van der Waals surface area contributed by atoms with E-state index in [1.807, 2.05) is 20.8 Å². The standard InChI is InChI=1S/C12H20N2O2/c1-12(2,3)16-11(15)14-10-7-5-4-6-9(10)8-13/h9-10H,4-7H2,1-3H3,(H,14,15)/t9-,10+/m1/s1. The Balaban J connectivity index is 2.46. The quantitative estimate of drug-likeness (QED) is 0.744. The molecule has 1 aliphatic carbocycles. The van der Waals surface area contributed by atoms with Crippen molar-refractivity contribution in [1.82, 2.24) is 5.32 Å². The molecule has 0 aromatic carbocycles. The highest BCUT2D eigenvalue weighted by Crippen LogP contribution is 2.24. The fourth-order valence-electron chi connectivity index (χ4n) is 1.92. The predicted molar refractivity (Wildman–Crippen MR) is 60.7 cm³/mol. The SMILES string of the molecule is CC(C)(C)OC(=O)N[C@H]1CCCC[C@@H]1C#N. The third-order valence-electron chi connectivity index (χ3n) is 2.63.